The second-order valence-electron chi connectivity index (χ2n) is 11.8. The van der Waals surface area contributed by atoms with Gasteiger partial charge in [-0.15, -0.1) is 0 Å². The lowest BCUT2D eigenvalue weighted by Crippen LogP contribution is -2.48. The molecule has 4 heteroatoms. The van der Waals surface area contributed by atoms with Gasteiger partial charge in [0.25, 0.3) is 0 Å². The van der Waals surface area contributed by atoms with Gasteiger partial charge in [0.15, 0.2) is 8.32 Å². The molecule has 0 radical (unpaired) electrons. The van der Waals surface area contributed by atoms with E-state index in [1.807, 2.05) is 18.2 Å². The van der Waals surface area contributed by atoms with Crippen LogP contribution in [0.4, 0.5) is 0 Å². The highest BCUT2D eigenvalue weighted by atomic mass is 28.4. The Morgan fingerprint density at radius 2 is 1.10 bits per heavy atom. The summed E-state index contributed by atoms with van der Waals surface area (Å²) >= 11 is 0. The summed E-state index contributed by atoms with van der Waals surface area (Å²) in [5.41, 5.74) is 4.26. The summed E-state index contributed by atoms with van der Waals surface area (Å²) < 4.78 is 13.6. The highest BCUT2D eigenvalue weighted by Crippen LogP contribution is 2.43. The van der Waals surface area contributed by atoms with Crippen molar-refractivity contribution in [2.45, 2.75) is 76.6 Å². The van der Waals surface area contributed by atoms with Gasteiger partial charge in [-0.25, -0.2) is 0 Å². The summed E-state index contributed by atoms with van der Waals surface area (Å²) in [5.74, 6) is 0.177. The summed E-state index contributed by atoms with van der Waals surface area (Å²) in [7, 11) is -1.89. The van der Waals surface area contributed by atoms with Crippen molar-refractivity contribution in [3.63, 3.8) is 0 Å². The molecule has 0 amide bonds. The summed E-state index contributed by atoms with van der Waals surface area (Å²) in [6, 6.07) is 31.4. The average Bonchev–Trinajstić information content (AvgIpc) is 2.97. The Labute approximate surface area is 244 Å². The van der Waals surface area contributed by atoms with Gasteiger partial charge in [-0.1, -0.05) is 145 Å². The summed E-state index contributed by atoms with van der Waals surface area (Å²) in [6.45, 7) is 15.2. The van der Waals surface area contributed by atoms with Crippen molar-refractivity contribution in [1.82, 2.24) is 0 Å². The third kappa shape index (κ3) is 7.41. The zero-order chi connectivity index (χ0) is 29.0. The molecule has 0 aliphatic heterocycles. The van der Waals surface area contributed by atoms with E-state index in [-0.39, 0.29) is 12.5 Å². The van der Waals surface area contributed by atoms with E-state index in [1.54, 1.807) is 0 Å². The quantitative estimate of drug-likeness (QED) is 0.108. The Hall–Kier alpha value is -2.50. The molecule has 3 aromatic carbocycles. The molecule has 216 valence electrons. The van der Waals surface area contributed by atoms with E-state index in [2.05, 4.69) is 126 Å². The van der Waals surface area contributed by atoms with Crippen LogP contribution in [0.1, 0.15) is 71.1 Å². The number of ether oxygens (including phenoxy) is 1. The Balaban J connectivity index is 1.72. The van der Waals surface area contributed by atoms with Crippen LogP contribution in [0, 0.1) is 5.92 Å². The second-order valence-corrected chi connectivity index (χ2v) is 17.3. The van der Waals surface area contributed by atoms with Crippen LogP contribution in [-0.2, 0) is 14.8 Å². The van der Waals surface area contributed by atoms with Crippen LogP contribution in [-0.4, -0.2) is 33.2 Å². The minimum Gasteiger partial charge on any atom is -0.416 e. The molecular weight excluding hydrogens is 508 g/mol. The smallest absolute Gasteiger partial charge is 0.200 e. The molecule has 1 atom stereocenters. The fourth-order valence-electron chi connectivity index (χ4n) is 6.48. The van der Waals surface area contributed by atoms with Gasteiger partial charge < -0.3 is 14.3 Å². The van der Waals surface area contributed by atoms with Crippen molar-refractivity contribution in [1.29, 1.82) is 0 Å². The predicted octanol–water partition coefficient (Wildman–Crippen LogP) is 9.13. The van der Waals surface area contributed by atoms with Gasteiger partial charge in [-0.3, -0.25) is 0 Å². The molecule has 0 aliphatic carbocycles. The van der Waals surface area contributed by atoms with Crippen molar-refractivity contribution in [3.8, 4) is 0 Å². The number of benzene rings is 3. The van der Waals surface area contributed by atoms with E-state index in [0.29, 0.717) is 23.2 Å². The number of aliphatic hydroxyl groups excluding tert-OH is 1. The molecule has 3 nitrogen and oxygen atoms in total. The van der Waals surface area contributed by atoms with E-state index < -0.39 is 13.9 Å². The first-order valence-electron chi connectivity index (χ1n) is 15.0. The van der Waals surface area contributed by atoms with Gasteiger partial charge in [0.05, 0.1) is 6.61 Å². The number of aliphatic hydroxyl groups is 1. The topological polar surface area (TPSA) is 38.7 Å². The zero-order valence-electron chi connectivity index (χ0n) is 25.4. The lowest BCUT2D eigenvalue weighted by atomic mass is 9.80. The van der Waals surface area contributed by atoms with Crippen LogP contribution in [0.5, 0.6) is 0 Å². The largest absolute Gasteiger partial charge is 0.416 e. The monoisotopic (exact) mass is 558 g/mol. The van der Waals surface area contributed by atoms with E-state index in [4.69, 9.17) is 9.16 Å². The van der Waals surface area contributed by atoms with Crippen LogP contribution < -0.4 is 0 Å². The van der Waals surface area contributed by atoms with Crippen molar-refractivity contribution in [2.24, 2.45) is 5.92 Å². The molecule has 0 aromatic heterocycles. The zero-order valence-corrected chi connectivity index (χ0v) is 26.4. The maximum absolute atomic E-state index is 10.1. The highest BCUT2D eigenvalue weighted by molar-refractivity contribution is 6.77. The SMILES string of the molecule is CC(C)[Si](OCC[C@@H](CO)C/C=C/COC(c1ccccc1)(c1ccccc1)c1ccccc1)(C(C)C)C(C)C. The first-order chi connectivity index (χ1) is 19.3. The minimum absolute atomic E-state index is 0.163. The molecule has 0 spiro atoms. The van der Waals surface area contributed by atoms with Crippen molar-refractivity contribution >= 4 is 8.32 Å². The molecule has 40 heavy (non-hydrogen) atoms. The summed E-state index contributed by atoms with van der Waals surface area (Å²) in [4.78, 5) is 0. The van der Waals surface area contributed by atoms with E-state index in [0.717, 1.165) is 36.1 Å². The molecule has 0 bridgehead atoms. The van der Waals surface area contributed by atoms with Gasteiger partial charge >= 0.3 is 0 Å². The van der Waals surface area contributed by atoms with Crippen LogP contribution in [0.25, 0.3) is 0 Å². The fourth-order valence-corrected chi connectivity index (χ4v) is 12.0. The van der Waals surface area contributed by atoms with E-state index >= 15 is 0 Å². The standard InChI is InChI=1S/C36H50O3Si/c1-29(2)40(30(3)4,31(5)6)39-27-25-32(28-37)18-16-17-26-38-36(33-19-10-7-11-20-33,34-21-12-8-13-22-34)35-23-14-9-15-24-35/h7-17,19-24,29-32,37H,18,25-28H2,1-6H3/b17-16+/t32-/m0/s1. The van der Waals surface area contributed by atoms with E-state index in [9.17, 15) is 5.11 Å². The lowest BCUT2D eigenvalue weighted by molar-refractivity contribution is 0.0318. The Kier molecular flexibility index (Phi) is 12.4. The number of rotatable bonds is 16. The van der Waals surface area contributed by atoms with Gasteiger partial charge in [0.1, 0.15) is 5.60 Å². The number of allylic oxidation sites excluding steroid dienone is 1. The van der Waals surface area contributed by atoms with Gasteiger partial charge in [-0.2, -0.15) is 0 Å². The van der Waals surface area contributed by atoms with Crippen LogP contribution in [0.3, 0.4) is 0 Å². The third-order valence-electron chi connectivity index (χ3n) is 8.42. The summed E-state index contributed by atoms with van der Waals surface area (Å²) in [6.07, 6.45) is 5.93. The molecule has 0 saturated heterocycles. The predicted molar refractivity (Wildman–Crippen MR) is 171 cm³/mol. The number of hydrogen-bond acceptors (Lipinski definition) is 3. The normalized spacial score (nSPS) is 13.6. The highest BCUT2D eigenvalue weighted by Gasteiger charge is 2.45. The first kappa shape index (κ1) is 32.0. The van der Waals surface area contributed by atoms with Gasteiger partial charge in [-0.05, 0) is 52.1 Å². The molecule has 0 aliphatic rings. The molecule has 3 aromatic rings. The minimum atomic E-state index is -1.89. The maximum Gasteiger partial charge on any atom is 0.200 e. The van der Waals surface area contributed by atoms with Crippen molar-refractivity contribution < 1.29 is 14.3 Å². The van der Waals surface area contributed by atoms with Crippen molar-refractivity contribution in [2.75, 3.05) is 19.8 Å². The van der Waals surface area contributed by atoms with Crippen LogP contribution in [0.2, 0.25) is 16.6 Å². The van der Waals surface area contributed by atoms with Gasteiger partial charge in [0, 0.05) is 13.2 Å². The van der Waals surface area contributed by atoms with Crippen LogP contribution >= 0.6 is 0 Å². The molecule has 0 heterocycles. The molecular formula is C36H50O3Si. The lowest BCUT2D eigenvalue weighted by Gasteiger charge is -2.42. The van der Waals surface area contributed by atoms with Gasteiger partial charge in [0.2, 0.25) is 0 Å². The third-order valence-corrected chi connectivity index (χ3v) is 14.5. The molecule has 3 rings (SSSR count). The Bertz CT molecular complexity index is 1010. The first-order valence-corrected chi connectivity index (χ1v) is 17.1. The number of hydrogen-bond donors (Lipinski definition) is 1. The Morgan fingerprint density at radius 3 is 1.48 bits per heavy atom. The van der Waals surface area contributed by atoms with Crippen LogP contribution in [0.15, 0.2) is 103 Å². The second kappa shape index (κ2) is 15.5. The summed E-state index contributed by atoms with van der Waals surface area (Å²) in [5, 5.41) is 10.1. The van der Waals surface area contributed by atoms with Crippen molar-refractivity contribution in [3.05, 3.63) is 120 Å². The molecule has 0 unspecified atom stereocenters. The molecule has 1 N–H and O–H groups in total. The Morgan fingerprint density at radius 1 is 0.675 bits per heavy atom. The molecule has 0 fully saturated rings. The average molecular weight is 559 g/mol. The fraction of sp³-hybridized carbons (Fsp3) is 0.444. The van der Waals surface area contributed by atoms with E-state index in [1.165, 1.54) is 0 Å². The maximum atomic E-state index is 10.1. The molecule has 0 saturated carbocycles.